The minimum absolute atomic E-state index is 0. The molecule has 18 heavy (non-hydrogen) atoms. The van der Waals surface area contributed by atoms with Crippen LogP contribution < -0.4 is 11.1 Å². The summed E-state index contributed by atoms with van der Waals surface area (Å²) in [5.41, 5.74) is 6.31. The normalized spacial score (nSPS) is 15.7. The summed E-state index contributed by atoms with van der Waals surface area (Å²) >= 11 is 3.05. The number of carbonyl (C=O) groups excluding carboxylic acids is 1. The minimum Gasteiger partial charge on any atom is -0.350 e. The number of halogens is 3. The molecule has 1 aromatic rings. The molecule has 0 heterocycles. The minimum atomic E-state index is -0.378. The highest BCUT2D eigenvalue weighted by Gasteiger charge is 2.28. The van der Waals surface area contributed by atoms with Crippen LogP contribution in [0.15, 0.2) is 22.7 Å². The van der Waals surface area contributed by atoms with Gasteiger partial charge in [-0.15, -0.1) is 12.4 Å². The van der Waals surface area contributed by atoms with E-state index < -0.39 is 0 Å². The highest BCUT2D eigenvalue weighted by molar-refractivity contribution is 9.10. The van der Waals surface area contributed by atoms with Gasteiger partial charge in [-0.05, 0) is 52.9 Å². The average Bonchev–Trinajstić information content (AvgIpc) is 3.13. The van der Waals surface area contributed by atoms with Gasteiger partial charge in [-0.2, -0.15) is 0 Å². The van der Waals surface area contributed by atoms with E-state index in [2.05, 4.69) is 21.2 Å². The van der Waals surface area contributed by atoms with Crippen molar-refractivity contribution in [3.05, 3.63) is 34.1 Å². The van der Waals surface area contributed by atoms with Crippen molar-refractivity contribution in [2.45, 2.75) is 18.9 Å². The van der Waals surface area contributed by atoms with Crippen LogP contribution in [0.2, 0.25) is 0 Å². The lowest BCUT2D eigenvalue weighted by Gasteiger charge is -2.11. The molecule has 6 heteroatoms. The largest absolute Gasteiger partial charge is 0.350 e. The fourth-order valence-corrected chi connectivity index (χ4v) is 2.02. The Labute approximate surface area is 120 Å². The van der Waals surface area contributed by atoms with E-state index in [1.54, 1.807) is 0 Å². The van der Waals surface area contributed by atoms with Gasteiger partial charge in [0.2, 0.25) is 0 Å². The van der Waals surface area contributed by atoms with E-state index in [1.807, 2.05) is 0 Å². The van der Waals surface area contributed by atoms with E-state index in [4.69, 9.17) is 5.73 Å². The maximum atomic E-state index is 13.0. The van der Waals surface area contributed by atoms with Crippen molar-refractivity contribution in [3.63, 3.8) is 0 Å². The van der Waals surface area contributed by atoms with Crippen LogP contribution >= 0.6 is 28.3 Å². The number of carbonyl (C=O) groups is 1. The highest BCUT2D eigenvalue weighted by Crippen LogP contribution is 2.31. The first-order valence-electron chi connectivity index (χ1n) is 5.57. The van der Waals surface area contributed by atoms with Crippen molar-refractivity contribution in [1.82, 2.24) is 5.32 Å². The fourth-order valence-electron chi connectivity index (χ4n) is 1.64. The van der Waals surface area contributed by atoms with Crippen molar-refractivity contribution in [2.24, 2.45) is 11.7 Å². The molecule has 3 nitrogen and oxygen atoms in total. The lowest BCUT2D eigenvalue weighted by molar-refractivity contribution is 0.0950. The first kappa shape index (κ1) is 15.4. The maximum Gasteiger partial charge on any atom is 0.251 e. The van der Waals surface area contributed by atoms with Crippen LogP contribution in [0.4, 0.5) is 4.39 Å². The smallest absolute Gasteiger partial charge is 0.251 e. The van der Waals surface area contributed by atoms with Crippen LogP contribution in [-0.4, -0.2) is 18.5 Å². The molecule has 0 radical (unpaired) electrons. The molecule has 1 atom stereocenters. The van der Waals surface area contributed by atoms with Crippen molar-refractivity contribution in [1.29, 1.82) is 0 Å². The lowest BCUT2D eigenvalue weighted by Crippen LogP contribution is -2.38. The van der Waals surface area contributed by atoms with Gasteiger partial charge in [0.15, 0.2) is 0 Å². The van der Waals surface area contributed by atoms with Gasteiger partial charge in [-0.1, -0.05) is 0 Å². The molecule has 1 aliphatic carbocycles. The molecule has 1 fully saturated rings. The molecule has 0 aliphatic heterocycles. The van der Waals surface area contributed by atoms with E-state index in [0.717, 1.165) is 12.8 Å². The summed E-state index contributed by atoms with van der Waals surface area (Å²) in [5, 5.41) is 2.76. The Morgan fingerprint density at radius 1 is 1.56 bits per heavy atom. The van der Waals surface area contributed by atoms with Gasteiger partial charge in [-0.3, -0.25) is 4.79 Å². The van der Waals surface area contributed by atoms with E-state index in [9.17, 15) is 9.18 Å². The molecular formula is C12H15BrClFN2O. The Bertz CT molecular complexity index is 440. The SMILES string of the molecule is Cl.NC(CNC(=O)c1ccc(F)c(Br)c1)C1CC1. The van der Waals surface area contributed by atoms with Crippen LogP contribution in [0, 0.1) is 11.7 Å². The first-order valence-corrected chi connectivity index (χ1v) is 6.36. The first-order chi connectivity index (χ1) is 8.08. The summed E-state index contributed by atoms with van der Waals surface area (Å²) < 4.78 is 13.3. The van der Waals surface area contributed by atoms with Gasteiger partial charge in [0.25, 0.3) is 5.91 Å². The third-order valence-corrected chi connectivity index (χ3v) is 3.52. The zero-order chi connectivity index (χ0) is 12.4. The Kier molecular flexibility index (Phi) is 5.56. The molecule has 1 aliphatic rings. The Morgan fingerprint density at radius 3 is 2.78 bits per heavy atom. The number of nitrogens with two attached hydrogens (primary N) is 1. The Morgan fingerprint density at radius 2 is 2.22 bits per heavy atom. The van der Waals surface area contributed by atoms with Crippen LogP contribution in [0.1, 0.15) is 23.2 Å². The van der Waals surface area contributed by atoms with Gasteiger partial charge >= 0.3 is 0 Å². The van der Waals surface area contributed by atoms with Crippen LogP contribution in [0.3, 0.4) is 0 Å². The molecule has 0 bridgehead atoms. The molecule has 0 spiro atoms. The monoisotopic (exact) mass is 336 g/mol. The number of hydrogen-bond acceptors (Lipinski definition) is 2. The van der Waals surface area contributed by atoms with E-state index >= 15 is 0 Å². The lowest BCUT2D eigenvalue weighted by atomic mass is 10.2. The summed E-state index contributed by atoms with van der Waals surface area (Å²) in [7, 11) is 0. The van der Waals surface area contributed by atoms with Crippen molar-refractivity contribution in [3.8, 4) is 0 Å². The molecule has 1 saturated carbocycles. The van der Waals surface area contributed by atoms with Gasteiger partial charge in [0.1, 0.15) is 5.82 Å². The van der Waals surface area contributed by atoms with Gasteiger partial charge in [0, 0.05) is 18.2 Å². The summed E-state index contributed by atoms with van der Waals surface area (Å²) in [6, 6.07) is 4.22. The highest BCUT2D eigenvalue weighted by atomic mass is 79.9. The van der Waals surface area contributed by atoms with Crippen LogP contribution in [-0.2, 0) is 0 Å². The predicted octanol–water partition coefficient (Wildman–Crippen LogP) is 2.48. The van der Waals surface area contributed by atoms with Gasteiger partial charge in [-0.25, -0.2) is 4.39 Å². The number of nitrogens with one attached hydrogen (secondary N) is 1. The number of hydrogen-bond donors (Lipinski definition) is 2. The van der Waals surface area contributed by atoms with Gasteiger partial charge in [0.05, 0.1) is 4.47 Å². The molecule has 100 valence electrons. The Balaban J connectivity index is 0.00000162. The third-order valence-electron chi connectivity index (χ3n) is 2.91. The molecule has 2 rings (SSSR count). The van der Waals surface area contributed by atoms with Crippen LogP contribution in [0.5, 0.6) is 0 Å². The zero-order valence-electron chi connectivity index (χ0n) is 9.66. The quantitative estimate of drug-likeness (QED) is 0.887. The van der Waals surface area contributed by atoms with E-state index in [-0.39, 0.29) is 34.6 Å². The molecule has 1 unspecified atom stereocenters. The van der Waals surface area contributed by atoms with E-state index in [1.165, 1.54) is 18.2 Å². The third kappa shape index (κ3) is 3.93. The summed E-state index contributed by atoms with van der Waals surface area (Å²) in [6.45, 7) is 0.471. The maximum absolute atomic E-state index is 13.0. The van der Waals surface area contributed by atoms with Crippen molar-refractivity contribution in [2.75, 3.05) is 6.54 Å². The second-order valence-corrected chi connectivity index (χ2v) is 5.19. The topological polar surface area (TPSA) is 55.1 Å². The molecular weight excluding hydrogens is 323 g/mol. The molecule has 1 amide bonds. The summed E-state index contributed by atoms with van der Waals surface area (Å²) in [5.74, 6) is -0.0479. The van der Waals surface area contributed by atoms with Crippen molar-refractivity contribution < 1.29 is 9.18 Å². The standard InChI is InChI=1S/C12H14BrFN2O.ClH/c13-9-5-8(3-4-10(9)14)12(17)16-6-11(15)7-1-2-7;/h3-5,7,11H,1-2,6,15H2,(H,16,17);1H. The fraction of sp³-hybridized carbons (Fsp3) is 0.417. The zero-order valence-corrected chi connectivity index (χ0v) is 12.1. The van der Waals surface area contributed by atoms with E-state index in [0.29, 0.717) is 18.0 Å². The second kappa shape index (κ2) is 6.50. The summed E-state index contributed by atoms with van der Waals surface area (Å²) in [6.07, 6.45) is 2.30. The second-order valence-electron chi connectivity index (χ2n) is 4.34. The number of rotatable bonds is 4. The molecule has 1 aromatic carbocycles. The molecule has 3 N–H and O–H groups in total. The predicted molar refractivity (Wildman–Crippen MR) is 74.4 cm³/mol. The van der Waals surface area contributed by atoms with Crippen LogP contribution in [0.25, 0.3) is 0 Å². The molecule has 0 aromatic heterocycles. The molecule has 0 saturated heterocycles. The average molecular weight is 338 g/mol. The van der Waals surface area contributed by atoms with Gasteiger partial charge < -0.3 is 11.1 Å². The Hall–Kier alpha value is -0.650. The summed E-state index contributed by atoms with van der Waals surface area (Å²) in [4.78, 5) is 11.7. The number of benzene rings is 1. The number of amides is 1. The van der Waals surface area contributed by atoms with Crippen molar-refractivity contribution >= 4 is 34.2 Å².